The number of nitrogens with zero attached hydrogens (tertiary/aromatic N) is 4. The second-order valence-electron chi connectivity index (χ2n) is 10.5. The Morgan fingerprint density at radius 1 is 1.03 bits per heavy atom. The Labute approximate surface area is 224 Å². The summed E-state index contributed by atoms with van der Waals surface area (Å²) in [5.74, 6) is -0.577. The summed E-state index contributed by atoms with van der Waals surface area (Å²) in [5.41, 5.74) is 2.60. The van der Waals surface area contributed by atoms with Gasteiger partial charge in [-0.3, -0.25) is 4.57 Å². The Hall–Kier alpha value is -3.57. The molecule has 1 aliphatic heterocycles. The van der Waals surface area contributed by atoms with Crippen molar-refractivity contribution in [2.75, 3.05) is 6.54 Å². The number of aryl methyl sites for hydroxylation is 2. The van der Waals surface area contributed by atoms with Gasteiger partial charge in [-0.05, 0) is 75.9 Å². The van der Waals surface area contributed by atoms with Gasteiger partial charge in [-0.2, -0.15) is 0 Å². The normalized spacial score (nSPS) is 17.4. The van der Waals surface area contributed by atoms with Crippen LogP contribution in [0.4, 0.5) is 8.78 Å². The zero-order valence-corrected chi connectivity index (χ0v) is 22.9. The molecule has 11 heteroatoms. The number of hydrogen-bond acceptors (Lipinski definition) is 5. The minimum atomic E-state index is -3.60. The summed E-state index contributed by atoms with van der Waals surface area (Å²) >= 11 is 0. The first-order chi connectivity index (χ1) is 18.5. The van der Waals surface area contributed by atoms with E-state index in [0.717, 1.165) is 22.5 Å². The third-order valence-corrected chi connectivity index (χ3v) is 10.1. The number of nitrogens with one attached hydrogen (secondary N) is 1. The molecule has 1 fully saturated rings. The van der Waals surface area contributed by atoms with Crippen molar-refractivity contribution >= 4 is 9.84 Å². The standard InChI is InChI=1S/C28H29F2N5O3S/c1-15-13-19(14-16(2)24(15)29)27-32-21-9-10-31-18(4)26(21)35(27)34-12-11-33(28(34)36)22-7-8-23(17(3)25(22)30)39(37,38)20-5-6-20/h7-8,11-14,18,20,31H,5-6,9-10H2,1-4H3/t18-/m0/s1. The van der Waals surface area contributed by atoms with Crippen LogP contribution in [0.2, 0.25) is 0 Å². The van der Waals surface area contributed by atoms with Crippen molar-refractivity contribution in [2.45, 2.75) is 63.1 Å². The van der Waals surface area contributed by atoms with Gasteiger partial charge in [0.1, 0.15) is 5.82 Å². The summed E-state index contributed by atoms with van der Waals surface area (Å²) in [6.07, 6.45) is 4.78. The lowest BCUT2D eigenvalue weighted by molar-refractivity contribution is 0.479. The average molecular weight is 554 g/mol. The topological polar surface area (TPSA) is 90.9 Å². The molecule has 8 nitrogen and oxygen atoms in total. The zero-order valence-electron chi connectivity index (χ0n) is 22.1. The number of benzene rings is 2. The molecular formula is C28H29F2N5O3S. The van der Waals surface area contributed by atoms with Crippen molar-refractivity contribution in [3.05, 3.63) is 86.9 Å². The van der Waals surface area contributed by atoms with Gasteiger partial charge >= 0.3 is 5.69 Å². The maximum Gasteiger partial charge on any atom is 0.352 e. The van der Waals surface area contributed by atoms with E-state index in [1.807, 2.05) is 6.92 Å². The first kappa shape index (κ1) is 25.7. The molecule has 39 heavy (non-hydrogen) atoms. The summed E-state index contributed by atoms with van der Waals surface area (Å²) < 4.78 is 59.8. The van der Waals surface area contributed by atoms with E-state index in [1.54, 1.807) is 30.7 Å². The lowest BCUT2D eigenvalue weighted by atomic mass is 10.1. The van der Waals surface area contributed by atoms with E-state index in [-0.39, 0.29) is 28.0 Å². The van der Waals surface area contributed by atoms with Gasteiger partial charge in [0.05, 0.1) is 27.2 Å². The maximum absolute atomic E-state index is 15.6. The van der Waals surface area contributed by atoms with Crippen LogP contribution in [0, 0.1) is 32.4 Å². The van der Waals surface area contributed by atoms with Crippen LogP contribution >= 0.6 is 0 Å². The summed E-state index contributed by atoms with van der Waals surface area (Å²) in [7, 11) is -3.60. The predicted molar refractivity (Wildman–Crippen MR) is 143 cm³/mol. The fourth-order valence-corrected chi connectivity index (χ4v) is 7.37. The van der Waals surface area contributed by atoms with Crippen LogP contribution in [-0.2, 0) is 16.3 Å². The van der Waals surface area contributed by atoms with E-state index in [2.05, 4.69) is 5.32 Å². The van der Waals surface area contributed by atoms with Gasteiger partial charge in [-0.1, -0.05) is 0 Å². The third kappa shape index (κ3) is 3.98. The smallest absolute Gasteiger partial charge is 0.308 e. The molecule has 1 atom stereocenters. The number of rotatable bonds is 5. The lowest BCUT2D eigenvalue weighted by Gasteiger charge is -2.22. The number of sulfone groups is 1. The third-order valence-electron chi connectivity index (χ3n) is 7.70. The van der Waals surface area contributed by atoms with Gasteiger partial charge in [-0.15, -0.1) is 0 Å². The summed E-state index contributed by atoms with van der Waals surface area (Å²) in [5, 5.41) is 2.93. The van der Waals surface area contributed by atoms with Gasteiger partial charge in [0, 0.05) is 42.5 Å². The van der Waals surface area contributed by atoms with E-state index in [9.17, 15) is 17.6 Å². The molecule has 1 aliphatic carbocycles. The molecule has 2 aliphatic rings. The SMILES string of the molecule is Cc1cc(-c2nc3c(n2-n2ccn(-c4ccc(S(=O)(=O)C5CC5)c(C)c4F)c2=O)[C@H](C)NCC3)cc(C)c1F. The Morgan fingerprint density at radius 3 is 2.38 bits per heavy atom. The molecule has 2 aromatic carbocycles. The van der Waals surface area contributed by atoms with Gasteiger partial charge in [0.2, 0.25) is 0 Å². The van der Waals surface area contributed by atoms with Crippen LogP contribution in [0.15, 0.2) is 46.3 Å². The van der Waals surface area contributed by atoms with Crippen LogP contribution in [0.3, 0.4) is 0 Å². The molecule has 2 aromatic heterocycles. The second kappa shape index (κ2) is 8.99. The lowest BCUT2D eigenvalue weighted by Crippen LogP contribution is -2.34. The van der Waals surface area contributed by atoms with Crippen molar-refractivity contribution in [3.8, 4) is 17.1 Å². The van der Waals surface area contributed by atoms with Crippen molar-refractivity contribution in [1.82, 2.24) is 24.2 Å². The Bertz CT molecular complexity index is 1790. The van der Waals surface area contributed by atoms with Crippen LogP contribution in [-0.4, -0.2) is 39.1 Å². The first-order valence-corrected chi connectivity index (χ1v) is 14.5. The van der Waals surface area contributed by atoms with Crippen molar-refractivity contribution in [3.63, 3.8) is 0 Å². The molecule has 0 spiro atoms. The molecule has 6 rings (SSSR count). The molecular weight excluding hydrogens is 524 g/mol. The van der Waals surface area contributed by atoms with Gasteiger partial charge in [0.25, 0.3) is 0 Å². The molecule has 0 saturated heterocycles. The fourth-order valence-electron chi connectivity index (χ4n) is 5.48. The molecule has 0 unspecified atom stereocenters. The molecule has 3 heterocycles. The molecule has 204 valence electrons. The largest absolute Gasteiger partial charge is 0.352 e. The van der Waals surface area contributed by atoms with Gasteiger partial charge in [-0.25, -0.2) is 36.3 Å². The minimum absolute atomic E-state index is 0.00478. The number of hydrogen-bond donors (Lipinski definition) is 1. The zero-order chi connectivity index (χ0) is 27.8. The Balaban J connectivity index is 1.53. The number of halogens is 2. The minimum Gasteiger partial charge on any atom is -0.308 e. The number of fused-ring (bicyclic) bond motifs is 1. The van der Waals surface area contributed by atoms with Crippen LogP contribution in [0.5, 0.6) is 0 Å². The number of imidazole rings is 2. The van der Waals surface area contributed by atoms with E-state index < -0.39 is 26.6 Å². The van der Waals surface area contributed by atoms with Crippen LogP contribution < -0.4 is 11.0 Å². The molecule has 4 aromatic rings. The van der Waals surface area contributed by atoms with Crippen molar-refractivity contribution in [1.29, 1.82) is 0 Å². The van der Waals surface area contributed by atoms with Gasteiger partial charge < -0.3 is 5.32 Å². The van der Waals surface area contributed by atoms with Crippen molar-refractivity contribution in [2.24, 2.45) is 0 Å². The van der Waals surface area contributed by atoms with Crippen molar-refractivity contribution < 1.29 is 17.2 Å². The summed E-state index contributed by atoms with van der Waals surface area (Å²) in [6.45, 7) is 7.49. The molecule has 1 N–H and O–H groups in total. The van der Waals surface area contributed by atoms with E-state index >= 15 is 4.39 Å². The highest BCUT2D eigenvalue weighted by molar-refractivity contribution is 7.92. The predicted octanol–water partition coefficient (Wildman–Crippen LogP) is 4.16. The fraction of sp³-hybridized carbons (Fsp3) is 0.357. The molecule has 0 radical (unpaired) electrons. The van der Waals surface area contributed by atoms with Crippen LogP contribution in [0.1, 0.15) is 53.9 Å². The Morgan fingerprint density at radius 2 is 1.72 bits per heavy atom. The summed E-state index contributed by atoms with van der Waals surface area (Å²) in [6, 6.07) is 6.00. The highest BCUT2D eigenvalue weighted by Crippen LogP contribution is 2.36. The summed E-state index contributed by atoms with van der Waals surface area (Å²) in [4.78, 5) is 18.6. The Kier molecular flexibility index (Phi) is 5.92. The van der Waals surface area contributed by atoms with Gasteiger partial charge in [0.15, 0.2) is 21.5 Å². The maximum atomic E-state index is 15.6. The quantitative estimate of drug-likeness (QED) is 0.401. The second-order valence-corrected chi connectivity index (χ2v) is 12.7. The monoisotopic (exact) mass is 553 g/mol. The number of aromatic nitrogens is 4. The average Bonchev–Trinajstić information content (AvgIpc) is 3.60. The van der Waals surface area contributed by atoms with Crippen LogP contribution in [0.25, 0.3) is 17.1 Å². The highest BCUT2D eigenvalue weighted by atomic mass is 32.2. The highest BCUT2D eigenvalue weighted by Gasteiger charge is 2.38. The molecule has 0 amide bonds. The first-order valence-electron chi connectivity index (χ1n) is 13.0. The van der Waals surface area contributed by atoms with E-state index in [1.165, 1.54) is 36.1 Å². The molecule has 0 bridgehead atoms. The molecule has 1 saturated carbocycles. The van der Waals surface area contributed by atoms with E-state index in [0.29, 0.717) is 41.8 Å². The van der Waals surface area contributed by atoms with E-state index in [4.69, 9.17) is 4.98 Å².